The fraction of sp³-hybridized carbons (Fsp3) is 1.00. The van der Waals surface area contributed by atoms with Crippen molar-refractivity contribution in [1.29, 1.82) is 0 Å². The molecule has 0 spiro atoms. The Bertz CT molecular complexity index is 237. The Hall–Kier alpha value is -0.0800. The molecular weight excluding hydrogens is 208 g/mol. The maximum absolute atomic E-state index is 3.72. The van der Waals surface area contributed by atoms with E-state index in [4.69, 9.17) is 0 Å². The van der Waals surface area contributed by atoms with Gasteiger partial charge in [-0.15, -0.1) is 0 Å². The summed E-state index contributed by atoms with van der Waals surface area (Å²) in [5.74, 6) is 0.955. The van der Waals surface area contributed by atoms with Crippen molar-refractivity contribution in [2.24, 2.45) is 5.92 Å². The Morgan fingerprint density at radius 3 is 2.47 bits per heavy atom. The molecule has 1 aliphatic carbocycles. The first kappa shape index (κ1) is 13.4. The molecule has 1 heterocycles. The van der Waals surface area contributed by atoms with E-state index in [1.54, 1.807) is 0 Å². The highest BCUT2D eigenvalue weighted by Gasteiger charge is 2.37. The second-order valence-electron chi connectivity index (χ2n) is 6.63. The van der Waals surface area contributed by atoms with Crippen LogP contribution in [-0.4, -0.2) is 35.6 Å². The number of hydrogen-bond donors (Lipinski definition) is 1. The van der Waals surface area contributed by atoms with Gasteiger partial charge in [-0.3, -0.25) is 4.90 Å². The zero-order chi connectivity index (χ0) is 12.4. The summed E-state index contributed by atoms with van der Waals surface area (Å²) in [4.78, 5) is 2.75. The third kappa shape index (κ3) is 3.23. The van der Waals surface area contributed by atoms with Crippen LogP contribution >= 0.6 is 0 Å². The smallest absolute Gasteiger partial charge is 0.0127 e. The average Bonchev–Trinajstić information content (AvgIpc) is 2.82. The second-order valence-corrected chi connectivity index (χ2v) is 6.63. The molecule has 1 saturated heterocycles. The van der Waals surface area contributed by atoms with E-state index in [-0.39, 0.29) is 0 Å². The van der Waals surface area contributed by atoms with Gasteiger partial charge in [0, 0.05) is 24.2 Å². The monoisotopic (exact) mass is 238 g/mol. The second kappa shape index (κ2) is 5.71. The number of likely N-dealkylation sites (tertiary alicyclic amines) is 1. The molecule has 0 aromatic heterocycles. The molecule has 0 amide bonds. The summed E-state index contributed by atoms with van der Waals surface area (Å²) in [7, 11) is 0. The van der Waals surface area contributed by atoms with Gasteiger partial charge in [-0.1, -0.05) is 13.8 Å². The molecule has 3 atom stereocenters. The van der Waals surface area contributed by atoms with Crippen molar-refractivity contribution in [3.05, 3.63) is 0 Å². The molecule has 2 nitrogen and oxygen atoms in total. The van der Waals surface area contributed by atoms with Crippen LogP contribution in [-0.2, 0) is 0 Å². The van der Waals surface area contributed by atoms with Crippen LogP contribution in [0.25, 0.3) is 0 Å². The predicted octanol–water partition coefficient (Wildman–Crippen LogP) is 3.03. The molecule has 0 aromatic carbocycles. The van der Waals surface area contributed by atoms with Crippen LogP contribution in [0, 0.1) is 5.92 Å². The van der Waals surface area contributed by atoms with Crippen LogP contribution in [0.5, 0.6) is 0 Å². The summed E-state index contributed by atoms with van der Waals surface area (Å²) in [6.45, 7) is 10.6. The molecule has 17 heavy (non-hydrogen) atoms. The number of hydrogen-bond acceptors (Lipinski definition) is 2. The standard InChI is InChI=1S/C15H30N2/c1-11(2)16-14-8-7-13(10-14)15-6-5-9-17(15)12(3)4/h11-16H,5-10H2,1-4H3. The number of rotatable bonds is 4. The summed E-state index contributed by atoms with van der Waals surface area (Å²) in [5.41, 5.74) is 0. The molecule has 0 bridgehead atoms. The summed E-state index contributed by atoms with van der Waals surface area (Å²) in [6.07, 6.45) is 7.11. The minimum Gasteiger partial charge on any atom is -0.312 e. The summed E-state index contributed by atoms with van der Waals surface area (Å²) in [5, 5.41) is 3.72. The van der Waals surface area contributed by atoms with Crippen molar-refractivity contribution in [3.8, 4) is 0 Å². The number of nitrogens with zero attached hydrogens (tertiary/aromatic N) is 1. The van der Waals surface area contributed by atoms with E-state index in [2.05, 4.69) is 37.9 Å². The van der Waals surface area contributed by atoms with Gasteiger partial charge in [0.25, 0.3) is 0 Å². The Morgan fingerprint density at radius 2 is 1.82 bits per heavy atom. The van der Waals surface area contributed by atoms with Gasteiger partial charge in [-0.2, -0.15) is 0 Å². The van der Waals surface area contributed by atoms with Crippen LogP contribution in [0.15, 0.2) is 0 Å². The van der Waals surface area contributed by atoms with E-state index in [0.29, 0.717) is 6.04 Å². The Balaban J connectivity index is 1.87. The summed E-state index contributed by atoms with van der Waals surface area (Å²) >= 11 is 0. The lowest BCUT2D eigenvalue weighted by Gasteiger charge is -2.32. The molecule has 2 aliphatic rings. The third-order valence-electron chi connectivity index (χ3n) is 4.59. The Labute approximate surface area is 107 Å². The van der Waals surface area contributed by atoms with Crippen molar-refractivity contribution in [3.63, 3.8) is 0 Å². The highest BCUT2D eigenvalue weighted by atomic mass is 15.2. The lowest BCUT2D eigenvalue weighted by Crippen LogP contribution is -2.40. The van der Waals surface area contributed by atoms with Crippen molar-refractivity contribution >= 4 is 0 Å². The largest absolute Gasteiger partial charge is 0.312 e. The van der Waals surface area contributed by atoms with Crippen LogP contribution < -0.4 is 5.32 Å². The van der Waals surface area contributed by atoms with Gasteiger partial charge in [0.15, 0.2) is 0 Å². The average molecular weight is 238 g/mol. The Morgan fingerprint density at radius 1 is 1.06 bits per heavy atom. The summed E-state index contributed by atoms with van der Waals surface area (Å²) < 4.78 is 0. The molecule has 1 aliphatic heterocycles. The minimum absolute atomic E-state index is 0.642. The topological polar surface area (TPSA) is 15.3 Å². The van der Waals surface area contributed by atoms with Gasteiger partial charge in [-0.25, -0.2) is 0 Å². The lowest BCUT2D eigenvalue weighted by atomic mass is 9.95. The highest BCUT2D eigenvalue weighted by Crippen LogP contribution is 2.36. The SMILES string of the molecule is CC(C)NC1CCC(C2CCCN2C(C)C)C1. The third-order valence-corrected chi connectivity index (χ3v) is 4.59. The van der Waals surface area contributed by atoms with Crippen LogP contribution in [0.4, 0.5) is 0 Å². The fourth-order valence-corrected chi connectivity index (χ4v) is 3.95. The van der Waals surface area contributed by atoms with E-state index in [1.165, 1.54) is 38.6 Å². The normalized spacial score (nSPS) is 35.3. The van der Waals surface area contributed by atoms with Crippen LogP contribution in [0.2, 0.25) is 0 Å². The predicted molar refractivity (Wildman–Crippen MR) is 74.3 cm³/mol. The molecule has 2 fully saturated rings. The molecule has 2 rings (SSSR count). The molecule has 2 heteroatoms. The first-order valence-electron chi connectivity index (χ1n) is 7.59. The maximum atomic E-state index is 3.72. The van der Waals surface area contributed by atoms with E-state index in [1.807, 2.05) is 0 Å². The van der Waals surface area contributed by atoms with E-state index < -0.39 is 0 Å². The maximum Gasteiger partial charge on any atom is 0.0127 e. The van der Waals surface area contributed by atoms with E-state index >= 15 is 0 Å². The first-order chi connectivity index (χ1) is 8.08. The molecule has 1 N–H and O–H groups in total. The highest BCUT2D eigenvalue weighted by molar-refractivity contribution is 4.93. The van der Waals surface area contributed by atoms with Crippen molar-refractivity contribution in [2.45, 2.75) is 84.0 Å². The number of nitrogens with one attached hydrogen (secondary N) is 1. The molecule has 3 unspecified atom stereocenters. The fourth-order valence-electron chi connectivity index (χ4n) is 3.95. The van der Waals surface area contributed by atoms with Crippen LogP contribution in [0.1, 0.15) is 59.8 Å². The molecule has 0 aromatic rings. The van der Waals surface area contributed by atoms with Gasteiger partial charge >= 0.3 is 0 Å². The summed E-state index contributed by atoms with van der Waals surface area (Å²) in [6, 6.07) is 3.05. The zero-order valence-corrected chi connectivity index (χ0v) is 12.1. The van der Waals surface area contributed by atoms with E-state index in [9.17, 15) is 0 Å². The van der Waals surface area contributed by atoms with Crippen molar-refractivity contribution in [2.75, 3.05) is 6.54 Å². The van der Waals surface area contributed by atoms with Crippen molar-refractivity contribution < 1.29 is 0 Å². The molecule has 0 radical (unpaired) electrons. The molecule has 1 saturated carbocycles. The lowest BCUT2D eigenvalue weighted by molar-refractivity contribution is 0.151. The van der Waals surface area contributed by atoms with Crippen molar-refractivity contribution in [1.82, 2.24) is 10.2 Å². The van der Waals surface area contributed by atoms with Crippen LogP contribution in [0.3, 0.4) is 0 Å². The zero-order valence-electron chi connectivity index (χ0n) is 12.1. The Kier molecular flexibility index (Phi) is 4.48. The van der Waals surface area contributed by atoms with Gasteiger partial charge in [0.2, 0.25) is 0 Å². The minimum atomic E-state index is 0.642. The molecule has 100 valence electrons. The van der Waals surface area contributed by atoms with Gasteiger partial charge in [-0.05, 0) is 58.4 Å². The quantitative estimate of drug-likeness (QED) is 0.810. The van der Waals surface area contributed by atoms with Gasteiger partial charge in [0.1, 0.15) is 0 Å². The molecular formula is C15H30N2. The van der Waals surface area contributed by atoms with Gasteiger partial charge < -0.3 is 5.32 Å². The van der Waals surface area contributed by atoms with E-state index in [0.717, 1.165) is 24.0 Å². The van der Waals surface area contributed by atoms with Gasteiger partial charge in [0.05, 0.1) is 0 Å². The first-order valence-corrected chi connectivity index (χ1v) is 7.59.